The second kappa shape index (κ2) is 6.72. The number of rotatable bonds is 4. The Morgan fingerprint density at radius 2 is 1.77 bits per heavy atom. The molecule has 0 radical (unpaired) electrons. The summed E-state index contributed by atoms with van der Waals surface area (Å²) in [6.45, 7) is 0.407. The van der Waals surface area contributed by atoms with Gasteiger partial charge in [0, 0.05) is 18.5 Å². The molecule has 0 atom stereocenters. The maximum Gasteiger partial charge on any atom is 0.200 e. The summed E-state index contributed by atoms with van der Waals surface area (Å²) in [6, 6.07) is 15.4. The van der Waals surface area contributed by atoms with Gasteiger partial charge < -0.3 is 14.3 Å². The van der Waals surface area contributed by atoms with Crippen LogP contribution < -0.4 is 10.2 Å². The third-order valence-corrected chi connectivity index (χ3v) is 4.08. The van der Waals surface area contributed by atoms with Crippen molar-refractivity contribution in [3.05, 3.63) is 89.0 Å². The van der Waals surface area contributed by atoms with Crippen molar-refractivity contribution in [2.45, 2.75) is 6.61 Å². The van der Waals surface area contributed by atoms with E-state index in [0.717, 1.165) is 5.56 Å². The van der Waals surface area contributed by atoms with Crippen LogP contribution in [0.25, 0.3) is 22.1 Å². The van der Waals surface area contributed by atoms with Crippen LogP contribution in [0.1, 0.15) is 5.56 Å². The molecule has 0 aliphatic rings. The zero-order valence-electron chi connectivity index (χ0n) is 13.8. The van der Waals surface area contributed by atoms with E-state index in [1.165, 1.54) is 18.4 Å². The molecular weight excluding hydrogens is 330 g/mol. The molecule has 2 aromatic carbocycles. The van der Waals surface area contributed by atoms with Gasteiger partial charge in [-0.3, -0.25) is 9.78 Å². The summed E-state index contributed by atoms with van der Waals surface area (Å²) in [5, 5.41) is 9.87. The molecule has 0 amide bonds. The van der Waals surface area contributed by atoms with E-state index >= 15 is 0 Å². The van der Waals surface area contributed by atoms with Gasteiger partial charge in [-0.15, -0.1) is 0 Å². The summed E-state index contributed by atoms with van der Waals surface area (Å²) < 4.78 is 11.4. The molecule has 0 fully saturated rings. The molecule has 128 valence electrons. The molecule has 0 saturated carbocycles. The SMILES string of the molecule is O=c1c(-c2ccc(O)cc2)coc2cc(OCc3ccncc3)ccc12. The third kappa shape index (κ3) is 3.15. The quantitative estimate of drug-likeness (QED) is 0.602. The lowest BCUT2D eigenvalue weighted by Crippen LogP contribution is -2.05. The summed E-state index contributed by atoms with van der Waals surface area (Å²) in [5.74, 6) is 0.768. The lowest BCUT2D eigenvalue weighted by Gasteiger charge is -2.08. The zero-order chi connectivity index (χ0) is 17.9. The van der Waals surface area contributed by atoms with Crippen LogP contribution in [0.2, 0.25) is 0 Å². The number of phenolic OH excluding ortho intramolecular Hbond substituents is 1. The fourth-order valence-corrected chi connectivity index (χ4v) is 2.68. The van der Waals surface area contributed by atoms with Crippen LogP contribution in [0, 0.1) is 0 Å². The second-order valence-corrected chi connectivity index (χ2v) is 5.83. The number of hydrogen-bond acceptors (Lipinski definition) is 5. The van der Waals surface area contributed by atoms with Crippen LogP contribution in [-0.4, -0.2) is 10.1 Å². The van der Waals surface area contributed by atoms with E-state index < -0.39 is 0 Å². The molecule has 5 heteroatoms. The van der Waals surface area contributed by atoms with E-state index in [2.05, 4.69) is 4.98 Å². The number of fused-ring (bicyclic) bond motifs is 1. The van der Waals surface area contributed by atoms with E-state index in [0.29, 0.717) is 34.5 Å². The molecule has 2 heterocycles. The number of benzene rings is 2. The van der Waals surface area contributed by atoms with Gasteiger partial charge in [-0.2, -0.15) is 0 Å². The monoisotopic (exact) mass is 345 g/mol. The minimum absolute atomic E-state index is 0.127. The van der Waals surface area contributed by atoms with Gasteiger partial charge in [0.15, 0.2) is 5.43 Å². The normalized spacial score (nSPS) is 10.8. The number of phenols is 1. The van der Waals surface area contributed by atoms with E-state index in [4.69, 9.17) is 9.15 Å². The topological polar surface area (TPSA) is 72.6 Å². The predicted octanol–water partition coefficient (Wildman–Crippen LogP) is 4.14. The van der Waals surface area contributed by atoms with E-state index in [1.807, 2.05) is 12.1 Å². The van der Waals surface area contributed by atoms with Gasteiger partial charge in [0.1, 0.15) is 30.0 Å². The molecule has 0 bridgehead atoms. The minimum Gasteiger partial charge on any atom is -0.508 e. The molecule has 1 N–H and O–H groups in total. The van der Waals surface area contributed by atoms with E-state index in [9.17, 15) is 9.90 Å². The highest BCUT2D eigenvalue weighted by Crippen LogP contribution is 2.24. The lowest BCUT2D eigenvalue weighted by molar-refractivity contribution is 0.306. The number of nitrogens with zero attached hydrogens (tertiary/aromatic N) is 1. The standard InChI is InChI=1S/C21H15NO4/c23-16-3-1-15(2-4-16)19-13-26-20-11-17(5-6-18(20)21(19)24)25-12-14-7-9-22-10-8-14/h1-11,13,23H,12H2. The third-order valence-electron chi connectivity index (χ3n) is 4.08. The Morgan fingerprint density at radius 1 is 1.00 bits per heavy atom. The Bertz CT molecular complexity index is 1100. The molecular formula is C21H15NO4. The van der Waals surface area contributed by atoms with Crippen LogP contribution in [0.3, 0.4) is 0 Å². The van der Waals surface area contributed by atoms with E-state index in [-0.39, 0.29) is 11.2 Å². The molecule has 5 nitrogen and oxygen atoms in total. The minimum atomic E-state index is -0.127. The summed E-state index contributed by atoms with van der Waals surface area (Å²) in [7, 11) is 0. The molecule has 0 saturated heterocycles. The number of aromatic nitrogens is 1. The van der Waals surface area contributed by atoms with Crippen molar-refractivity contribution in [2.24, 2.45) is 0 Å². The molecule has 0 unspecified atom stereocenters. The van der Waals surface area contributed by atoms with Gasteiger partial charge >= 0.3 is 0 Å². The van der Waals surface area contributed by atoms with Gasteiger partial charge in [0.05, 0.1) is 10.9 Å². The van der Waals surface area contributed by atoms with Crippen LogP contribution in [-0.2, 0) is 6.61 Å². The van der Waals surface area contributed by atoms with Crippen molar-refractivity contribution in [3.8, 4) is 22.6 Å². The maximum atomic E-state index is 12.7. The molecule has 0 spiro atoms. The average Bonchev–Trinajstić information content (AvgIpc) is 2.68. The average molecular weight is 345 g/mol. The van der Waals surface area contributed by atoms with E-state index in [1.54, 1.807) is 42.7 Å². The van der Waals surface area contributed by atoms with Gasteiger partial charge in [-0.1, -0.05) is 12.1 Å². The Morgan fingerprint density at radius 3 is 2.54 bits per heavy atom. The first-order valence-corrected chi connectivity index (χ1v) is 8.07. The summed E-state index contributed by atoms with van der Waals surface area (Å²) >= 11 is 0. The lowest BCUT2D eigenvalue weighted by atomic mass is 10.1. The molecule has 2 aromatic heterocycles. The summed E-state index contributed by atoms with van der Waals surface area (Å²) in [5.41, 5.74) is 2.48. The molecule has 4 rings (SSSR count). The summed E-state index contributed by atoms with van der Waals surface area (Å²) in [4.78, 5) is 16.7. The first-order valence-electron chi connectivity index (χ1n) is 8.07. The second-order valence-electron chi connectivity index (χ2n) is 5.83. The maximum absolute atomic E-state index is 12.7. The molecule has 0 aliphatic carbocycles. The Labute approximate surface area is 149 Å². The largest absolute Gasteiger partial charge is 0.508 e. The zero-order valence-corrected chi connectivity index (χ0v) is 13.8. The summed E-state index contributed by atoms with van der Waals surface area (Å²) in [6.07, 6.45) is 4.86. The van der Waals surface area contributed by atoms with Crippen molar-refractivity contribution in [3.63, 3.8) is 0 Å². The highest BCUT2D eigenvalue weighted by atomic mass is 16.5. The molecule has 0 aliphatic heterocycles. The van der Waals surface area contributed by atoms with Crippen molar-refractivity contribution < 1.29 is 14.3 Å². The number of aromatic hydroxyl groups is 1. The van der Waals surface area contributed by atoms with Crippen LogP contribution >= 0.6 is 0 Å². The van der Waals surface area contributed by atoms with Crippen molar-refractivity contribution in [1.82, 2.24) is 4.98 Å². The fourth-order valence-electron chi connectivity index (χ4n) is 2.68. The highest BCUT2D eigenvalue weighted by molar-refractivity contribution is 5.82. The van der Waals surface area contributed by atoms with Crippen LogP contribution in [0.4, 0.5) is 0 Å². The first-order chi connectivity index (χ1) is 12.7. The number of pyridine rings is 1. The number of ether oxygens (including phenoxy) is 1. The first kappa shape index (κ1) is 15.9. The Balaban J connectivity index is 1.64. The van der Waals surface area contributed by atoms with Crippen molar-refractivity contribution >= 4 is 11.0 Å². The Hall–Kier alpha value is -3.60. The smallest absolute Gasteiger partial charge is 0.200 e. The predicted molar refractivity (Wildman–Crippen MR) is 98.2 cm³/mol. The van der Waals surface area contributed by atoms with Crippen molar-refractivity contribution in [1.29, 1.82) is 0 Å². The van der Waals surface area contributed by atoms with Crippen LogP contribution in [0.5, 0.6) is 11.5 Å². The van der Waals surface area contributed by atoms with Gasteiger partial charge in [-0.25, -0.2) is 0 Å². The van der Waals surface area contributed by atoms with Gasteiger partial charge in [0.2, 0.25) is 0 Å². The van der Waals surface area contributed by atoms with Crippen LogP contribution in [0.15, 0.2) is 82.5 Å². The van der Waals surface area contributed by atoms with Gasteiger partial charge in [0.25, 0.3) is 0 Å². The molecule has 4 aromatic rings. The Kier molecular flexibility index (Phi) is 4.11. The molecule has 26 heavy (non-hydrogen) atoms. The van der Waals surface area contributed by atoms with Gasteiger partial charge in [-0.05, 0) is 47.5 Å². The number of hydrogen-bond donors (Lipinski definition) is 1. The fraction of sp³-hybridized carbons (Fsp3) is 0.0476. The van der Waals surface area contributed by atoms with Crippen molar-refractivity contribution in [2.75, 3.05) is 0 Å². The highest BCUT2D eigenvalue weighted by Gasteiger charge is 2.10.